The summed E-state index contributed by atoms with van der Waals surface area (Å²) >= 11 is 0. The highest BCUT2D eigenvalue weighted by Gasteiger charge is 2.21. The quantitative estimate of drug-likeness (QED) is 0.441. The summed E-state index contributed by atoms with van der Waals surface area (Å²) in [6.45, 7) is 2.57. The molecule has 1 rings (SSSR count). The Balaban J connectivity index is 1.84. The minimum atomic E-state index is -0.126. The molecule has 0 bridgehead atoms. The number of hydrogen-bond acceptors (Lipinski definition) is 3. The van der Waals surface area contributed by atoms with Gasteiger partial charge in [0.15, 0.2) is 0 Å². The SMILES string of the molecule is CCCCCCCCCCCC(=O)OC[C@H]1CCC(=O)N1. The maximum absolute atomic E-state index is 11.6. The predicted molar refractivity (Wildman–Crippen MR) is 84.0 cm³/mol. The van der Waals surface area contributed by atoms with Crippen LogP contribution in [-0.2, 0) is 14.3 Å². The zero-order chi connectivity index (χ0) is 15.3. The summed E-state index contributed by atoms with van der Waals surface area (Å²) in [6.07, 6.45) is 13.1. The Morgan fingerprint density at radius 1 is 1.10 bits per heavy atom. The summed E-state index contributed by atoms with van der Waals surface area (Å²) in [5.41, 5.74) is 0. The van der Waals surface area contributed by atoms with Gasteiger partial charge < -0.3 is 10.1 Å². The van der Waals surface area contributed by atoms with E-state index < -0.39 is 0 Å². The van der Waals surface area contributed by atoms with Gasteiger partial charge in [0, 0.05) is 12.8 Å². The summed E-state index contributed by atoms with van der Waals surface area (Å²) in [5, 5.41) is 2.80. The molecule has 1 N–H and O–H groups in total. The van der Waals surface area contributed by atoms with E-state index in [0.717, 1.165) is 19.3 Å². The summed E-state index contributed by atoms with van der Waals surface area (Å²) in [7, 11) is 0. The summed E-state index contributed by atoms with van der Waals surface area (Å²) in [6, 6.07) is 0.0320. The topological polar surface area (TPSA) is 55.4 Å². The number of esters is 1. The number of carbonyl (C=O) groups excluding carboxylic acids is 2. The third-order valence-corrected chi connectivity index (χ3v) is 4.01. The maximum atomic E-state index is 11.6. The first-order valence-corrected chi connectivity index (χ1v) is 8.67. The first kappa shape index (κ1) is 18.0. The Morgan fingerprint density at radius 3 is 2.29 bits per heavy atom. The smallest absolute Gasteiger partial charge is 0.305 e. The molecule has 21 heavy (non-hydrogen) atoms. The van der Waals surface area contributed by atoms with Gasteiger partial charge in [0.2, 0.25) is 5.91 Å². The Labute approximate surface area is 129 Å². The molecule has 0 aromatic rings. The molecule has 0 radical (unpaired) electrons. The van der Waals surface area contributed by atoms with E-state index in [1.165, 1.54) is 44.9 Å². The van der Waals surface area contributed by atoms with Crippen LogP contribution in [0.2, 0.25) is 0 Å². The second-order valence-corrected chi connectivity index (χ2v) is 6.06. The van der Waals surface area contributed by atoms with E-state index in [9.17, 15) is 9.59 Å². The standard InChI is InChI=1S/C17H31NO3/c1-2-3-4-5-6-7-8-9-10-11-17(20)21-14-15-12-13-16(19)18-15/h15H,2-14H2,1H3,(H,18,19)/t15-/m1/s1. The Bertz CT molecular complexity index is 304. The average molecular weight is 297 g/mol. The molecule has 1 aliphatic heterocycles. The molecule has 4 heteroatoms. The highest BCUT2D eigenvalue weighted by atomic mass is 16.5. The molecule has 0 unspecified atom stereocenters. The highest BCUT2D eigenvalue weighted by Crippen LogP contribution is 2.11. The number of nitrogens with one attached hydrogen (secondary N) is 1. The van der Waals surface area contributed by atoms with Crippen molar-refractivity contribution >= 4 is 11.9 Å². The second kappa shape index (κ2) is 11.6. The normalized spacial score (nSPS) is 17.8. The van der Waals surface area contributed by atoms with Crippen LogP contribution in [-0.4, -0.2) is 24.5 Å². The lowest BCUT2D eigenvalue weighted by molar-refractivity contribution is -0.144. The van der Waals surface area contributed by atoms with Crippen molar-refractivity contribution in [3.8, 4) is 0 Å². The predicted octanol–water partition coefficient (Wildman–Crippen LogP) is 3.73. The van der Waals surface area contributed by atoms with E-state index in [4.69, 9.17) is 4.74 Å². The van der Waals surface area contributed by atoms with E-state index in [1.54, 1.807) is 0 Å². The molecular weight excluding hydrogens is 266 g/mol. The van der Waals surface area contributed by atoms with Crippen molar-refractivity contribution in [1.29, 1.82) is 0 Å². The van der Waals surface area contributed by atoms with Crippen molar-refractivity contribution in [2.75, 3.05) is 6.61 Å². The fourth-order valence-corrected chi connectivity index (χ4v) is 2.65. The zero-order valence-electron chi connectivity index (χ0n) is 13.5. The van der Waals surface area contributed by atoms with Crippen LogP contribution in [0.5, 0.6) is 0 Å². The summed E-state index contributed by atoms with van der Waals surface area (Å²) in [4.78, 5) is 22.6. The van der Waals surface area contributed by atoms with Crippen LogP contribution in [0.4, 0.5) is 0 Å². The largest absolute Gasteiger partial charge is 0.463 e. The Hall–Kier alpha value is -1.06. The van der Waals surface area contributed by atoms with Gasteiger partial charge in [-0.15, -0.1) is 0 Å². The molecular formula is C17H31NO3. The Morgan fingerprint density at radius 2 is 1.71 bits per heavy atom. The van der Waals surface area contributed by atoms with Crippen LogP contribution in [0, 0.1) is 0 Å². The van der Waals surface area contributed by atoms with Crippen molar-refractivity contribution in [3.05, 3.63) is 0 Å². The van der Waals surface area contributed by atoms with Crippen LogP contribution >= 0.6 is 0 Å². The first-order chi connectivity index (χ1) is 10.2. The molecule has 122 valence electrons. The molecule has 0 aliphatic carbocycles. The molecule has 0 saturated carbocycles. The number of amides is 1. The van der Waals surface area contributed by atoms with Crippen LogP contribution in [0.25, 0.3) is 0 Å². The maximum Gasteiger partial charge on any atom is 0.305 e. The minimum Gasteiger partial charge on any atom is -0.463 e. The molecule has 0 aromatic heterocycles. The molecule has 1 amide bonds. The summed E-state index contributed by atoms with van der Waals surface area (Å²) in [5.74, 6) is -0.0610. The van der Waals surface area contributed by atoms with Gasteiger partial charge in [0.1, 0.15) is 6.61 Å². The number of ether oxygens (including phenoxy) is 1. The number of unbranched alkanes of at least 4 members (excludes halogenated alkanes) is 8. The third kappa shape index (κ3) is 9.48. The molecule has 4 nitrogen and oxygen atoms in total. The lowest BCUT2D eigenvalue weighted by atomic mass is 10.1. The van der Waals surface area contributed by atoms with Gasteiger partial charge in [-0.25, -0.2) is 0 Å². The van der Waals surface area contributed by atoms with Crippen molar-refractivity contribution in [2.45, 2.75) is 90.0 Å². The Kier molecular flexibility index (Phi) is 9.92. The lowest BCUT2D eigenvalue weighted by Gasteiger charge is -2.10. The number of rotatable bonds is 12. The van der Waals surface area contributed by atoms with Gasteiger partial charge in [0.25, 0.3) is 0 Å². The molecule has 0 spiro atoms. The van der Waals surface area contributed by atoms with Crippen LogP contribution in [0.1, 0.15) is 84.0 Å². The van der Waals surface area contributed by atoms with Crippen molar-refractivity contribution in [2.24, 2.45) is 0 Å². The molecule has 1 heterocycles. The first-order valence-electron chi connectivity index (χ1n) is 8.67. The van der Waals surface area contributed by atoms with Crippen LogP contribution in [0.3, 0.4) is 0 Å². The van der Waals surface area contributed by atoms with Gasteiger partial charge in [-0.3, -0.25) is 9.59 Å². The van der Waals surface area contributed by atoms with E-state index in [-0.39, 0.29) is 17.9 Å². The fraction of sp³-hybridized carbons (Fsp3) is 0.882. The van der Waals surface area contributed by atoms with E-state index in [0.29, 0.717) is 19.4 Å². The molecule has 1 aliphatic rings. The van der Waals surface area contributed by atoms with Gasteiger partial charge in [-0.1, -0.05) is 58.3 Å². The van der Waals surface area contributed by atoms with Gasteiger partial charge >= 0.3 is 5.97 Å². The molecule has 1 atom stereocenters. The van der Waals surface area contributed by atoms with Crippen molar-refractivity contribution in [3.63, 3.8) is 0 Å². The van der Waals surface area contributed by atoms with Gasteiger partial charge in [-0.2, -0.15) is 0 Å². The highest BCUT2D eigenvalue weighted by molar-refractivity contribution is 5.78. The van der Waals surface area contributed by atoms with Gasteiger partial charge in [0.05, 0.1) is 6.04 Å². The zero-order valence-corrected chi connectivity index (χ0v) is 13.5. The van der Waals surface area contributed by atoms with Crippen molar-refractivity contribution in [1.82, 2.24) is 5.32 Å². The molecule has 0 aromatic carbocycles. The third-order valence-electron chi connectivity index (χ3n) is 4.01. The monoisotopic (exact) mass is 297 g/mol. The van der Waals surface area contributed by atoms with Crippen LogP contribution in [0.15, 0.2) is 0 Å². The van der Waals surface area contributed by atoms with E-state index in [1.807, 2.05) is 0 Å². The lowest BCUT2D eigenvalue weighted by Crippen LogP contribution is -2.30. The molecule has 1 saturated heterocycles. The summed E-state index contributed by atoms with van der Waals surface area (Å²) < 4.78 is 5.19. The second-order valence-electron chi connectivity index (χ2n) is 6.06. The number of hydrogen-bond donors (Lipinski definition) is 1. The van der Waals surface area contributed by atoms with Crippen molar-refractivity contribution < 1.29 is 14.3 Å². The average Bonchev–Trinajstić information content (AvgIpc) is 2.89. The van der Waals surface area contributed by atoms with E-state index >= 15 is 0 Å². The minimum absolute atomic E-state index is 0.0320. The van der Waals surface area contributed by atoms with Gasteiger partial charge in [-0.05, 0) is 12.8 Å². The number of carbonyl (C=O) groups is 2. The molecule has 1 fully saturated rings. The fourth-order valence-electron chi connectivity index (χ4n) is 2.65. The van der Waals surface area contributed by atoms with Crippen LogP contribution < -0.4 is 5.32 Å². The van der Waals surface area contributed by atoms with E-state index in [2.05, 4.69) is 12.2 Å².